The van der Waals surface area contributed by atoms with Gasteiger partial charge in [-0.2, -0.15) is 0 Å². The molecule has 150 valence electrons. The van der Waals surface area contributed by atoms with E-state index >= 15 is 0 Å². The van der Waals surface area contributed by atoms with Crippen LogP contribution in [0.1, 0.15) is 56.1 Å². The van der Waals surface area contributed by atoms with Gasteiger partial charge < -0.3 is 15.4 Å². The van der Waals surface area contributed by atoms with Crippen LogP contribution in [0.5, 0.6) is 0 Å². The van der Waals surface area contributed by atoms with Crippen molar-refractivity contribution in [2.45, 2.75) is 70.1 Å². The summed E-state index contributed by atoms with van der Waals surface area (Å²) in [5.41, 5.74) is 2.87. The van der Waals surface area contributed by atoms with Crippen molar-refractivity contribution in [1.29, 1.82) is 0 Å². The summed E-state index contributed by atoms with van der Waals surface area (Å²) in [6.45, 7) is 7.40. The first-order valence-electron chi connectivity index (χ1n) is 11.2. The fourth-order valence-corrected chi connectivity index (χ4v) is 5.15. The van der Waals surface area contributed by atoms with Gasteiger partial charge in [-0.1, -0.05) is 43.5 Å². The summed E-state index contributed by atoms with van der Waals surface area (Å²) in [7, 11) is 0. The van der Waals surface area contributed by atoms with E-state index in [0.717, 1.165) is 32.8 Å². The molecule has 1 saturated carbocycles. The second-order valence-corrected chi connectivity index (χ2v) is 8.72. The van der Waals surface area contributed by atoms with Gasteiger partial charge in [0, 0.05) is 31.7 Å². The molecule has 2 saturated heterocycles. The Labute approximate surface area is 165 Å². The minimum atomic E-state index is 0.537. The van der Waals surface area contributed by atoms with Crippen LogP contribution in [0.3, 0.4) is 0 Å². The van der Waals surface area contributed by atoms with Crippen molar-refractivity contribution in [3.8, 4) is 0 Å². The summed E-state index contributed by atoms with van der Waals surface area (Å²) in [5, 5.41) is 7.52. The monoisotopic (exact) mass is 371 g/mol. The Balaban J connectivity index is 1.25. The van der Waals surface area contributed by atoms with E-state index in [2.05, 4.69) is 39.8 Å². The molecule has 1 aliphatic carbocycles. The van der Waals surface area contributed by atoms with Crippen molar-refractivity contribution in [2.75, 3.05) is 32.8 Å². The molecular weight excluding hydrogens is 334 g/mol. The molecular formula is C23H37N3O. The highest BCUT2D eigenvalue weighted by atomic mass is 16.5. The lowest BCUT2D eigenvalue weighted by atomic mass is 9.94. The van der Waals surface area contributed by atoms with Crippen LogP contribution in [0.25, 0.3) is 0 Å². The fraction of sp³-hybridized carbons (Fsp3) is 0.739. The molecule has 3 atom stereocenters. The SMILES string of the molecule is c1cc(CN2CCCCCC2)ccc1CNC1CCCC1C1COCCN1. The second-order valence-electron chi connectivity index (χ2n) is 8.72. The number of likely N-dealkylation sites (tertiary alicyclic amines) is 1. The van der Waals surface area contributed by atoms with E-state index in [1.165, 1.54) is 69.2 Å². The highest BCUT2D eigenvalue weighted by Crippen LogP contribution is 2.29. The molecule has 27 heavy (non-hydrogen) atoms. The average Bonchev–Trinajstić information content (AvgIpc) is 3.04. The van der Waals surface area contributed by atoms with Crippen LogP contribution in [0, 0.1) is 5.92 Å². The summed E-state index contributed by atoms with van der Waals surface area (Å²) in [5.74, 6) is 0.715. The Morgan fingerprint density at radius 3 is 2.48 bits per heavy atom. The lowest BCUT2D eigenvalue weighted by Gasteiger charge is -2.33. The molecule has 3 fully saturated rings. The molecule has 0 radical (unpaired) electrons. The number of hydrogen-bond donors (Lipinski definition) is 2. The van der Waals surface area contributed by atoms with Crippen LogP contribution >= 0.6 is 0 Å². The molecule has 4 rings (SSSR count). The van der Waals surface area contributed by atoms with E-state index < -0.39 is 0 Å². The van der Waals surface area contributed by atoms with Gasteiger partial charge in [-0.15, -0.1) is 0 Å². The summed E-state index contributed by atoms with van der Waals surface area (Å²) in [6.07, 6.45) is 9.52. The van der Waals surface area contributed by atoms with E-state index in [0.29, 0.717) is 18.0 Å². The van der Waals surface area contributed by atoms with Crippen LogP contribution in [0.4, 0.5) is 0 Å². The van der Waals surface area contributed by atoms with E-state index in [9.17, 15) is 0 Å². The summed E-state index contributed by atoms with van der Waals surface area (Å²) < 4.78 is 5.69. The lowest BCUT2D eigenvalue weighted by molar-refractivity contribution is 0.0524. The lowest BCUT2D eigenvalue weighted by Crippen LogP contribution is -2.50. The maximum Gasteiger partial charge on any atom is 0.0623 e. The molecule has 3 aliphatic rings. The maximum atomic E-state index is 5.69. The molecule has 2 aliphatic heterocycles. The van der Waals surface area contributed by atoms with Crippen LogP contribution in [0.15, 0.2) is 24.3 Å². The zero-order chi connectivity index (χ0) is 18.3. The van der Waals surface area contributed by atoms with Crippen LogP contribution < -0.4 is 10.6 Å². The quantitative estimate of drug-likeness (QED) is 0.804. The number of rotatable bonds is 6. The van der Waals surface area contributed by atoms with E-state index in [4.69, 9.17) is 4.74 Å². The number of nitrogens with zero attached hydrogens (tertiary/aromatic N) is 1. The molecule has 4 heteroatoms. The Morgan fingerprint density at radius 2 is 1.74 bits per heavy atom. The molecule has 1 aromatic rings. The molecule has 4 nitrogen and oxygen atoms in total. The first kappa shape index (κ1) is 19.4. The van der Waals surface area contributed by atoms with E-state index in [1.807, 2.05) is 0 Å². The van der Waals surface area contributed by atoms with E-state index in [-0.39, 0.29) is 0 Å². The number of ether oxygens (including phenoxy) is 1. The summed E-state index contributed by atoms with van der Waals surface area (Å²) in [6, 6.07) is 10.5. The normalized spacial score (nSPS) is 30.3. The first-order valence-corrected chi connectivity index (χ1v) is 11.2. The number of morpholine rings is 1. The van der Waals surface area contributed by atoms with Gasteiger partial charge in [0.25, 0.3) is 0 Å². The van der Waals surface area contributed by atoms with Crippen molar-refractivity contribution in [1.82, 2.24) is 15.5 Å². The Kier molecular flexibility index (Phi) is 7.19. The predicted octanol–water partition coefficient (Wildman–Crippen LogP) is 3.31. The number of benzene rings is 1. The summed E-state index contributed by atoms with van der Waals surface area (Å²) in [4.78, 5) is 2.63. The minimum absolute atomic E-state index is 0.537. The molecule has 0 bridgehead atoms. The van der Waals surface area contributed by atoms with Gasteiger partial charge in [0.05, 0.1) is 13.2 Å². The van der Waals surface area contributed by atoms with Crippen LogP contribution in [-0.2, 0) is 17.8 Å². The van der Waals surface area contributed by atoms with Crippen molar-refractivity contribution >= 4 is 0 Å². The Morgan fingerprint density at radius 1 is 0.963 bits per heavy atom. The van der Waals surface area contributed by atoms with Gasteiger partial charge in [-0.3, -0.25) is 4.90 Å². The Hall–Kier alpha value is -0.940. The van der Waals surface area contributed by atoms with Crippen molar-refractivity contribution < 1.29 is 4.74 Å². The van der Waals surface area contributed by atoms with Crippen molar-refractivity contribution in [2.24, 2.45) is 5.92 Å². The zero-order valence-electron chi connectivity index (χ0n) is 16.8. The summed E-state index contributed by atoms with van der Waals surface area (Å²) >= 11 is 0. The average molecular weight is 372 g/mol. The van der Waals surface area contributed by atoms with Gasteiger partial charge >= 0.3 is 0 Å². The largest absolute Gasteiger partial charge is 0.379 e. The molecule has 3 unspecified atom stereocenters. The fourth-order valence-electron chi connectivity index (χ4n) is 5.15. The Bertz CT molecular complexity index is 547. The second kappa shape index (κ2) is 10.0. The standard InChI is InChI=1S/C23H37N3O/c1-2-4-14-26(13-3-1)17-20-10-8-19(9-11-20)16-25-22-7-5-6-21(22)23-18-27-15-12-24-23/h8-11,21-25H,1-7,12-18H2. The topological polar surface area (TPSA) is 36.5 Å². The predicted molar refractivity (Wildman–Crippen MR) is 111 cm³/mol. The van der Waals surface area contributed by atoms with Crippen LogP contribution in [-0.4, -0.2) is 49.8 Å². The highest BCUT2D eigenvalue weighted by molar-refractivity contribution is 5.22. The molecule has 2 heterocycles. The van der Waals surface area contributed by atoms with Gasteiger partial charge in [-0.05, 0) is 55.8 Å². The maximum absolute atomic E-state index is 5.69. The van der Waals surface area contributed by atoms with Crippen molar-refractivity contribution in [3.05, 3.63) is 35.4 Å². The van der Waals surface area contributed by atoms with Gasteiger partial charge in [0.15, 0.2) is 0 Å². The van der Waals surface area contributed by atoms with E-state index in [1.54, 1.807) is 0 Å². The molecule has 0 spiro atoms. The third-order valence-corrected chi connectivity index (χ3v) is 6.73. The molecule has 2 N–H and O–H groups in total. The minimum Gasteiger partial charge on any atom is -0.379 e. The molecule has 0 aromatic heterocycles. The number of hydrogen-bond acceptors (Lipinski definition) is 4. The highest BCUT2D eigenvalue weighted by Gasteiger charge is 2.34. The smallest absolute Gasteiger partial charge is 0.0623 e. The van der Waals surface area contributed by atoms with Gasteiger partial charge in [0.2, 0.25) is 0 Å². The van der Waals surface area contributed by atoms with Crippen LogP contribution in [0.2, 0.25) is 0 Å². The van der Waals surface area contributed by atoms with Gasteiger partial charge in [-0.25, -0.2) is 0 Å². The van der Waals surface area contributed by atoms with Crippen molar-refractivity contribution in [3.63, 3.8) is 0 Å². The first-order chi connectivity index (χ1) is 13.4. The number of nitrogens with one attached hydrogen (secondary N) is 2. The zero-order valence-corrected chi connectivity index (χ0v) is 16.8. The third kappa shape index (κ3) is 5.54. The van der Waals surface area contributed by atoms with Gasteiger partial charge in [0.1, 0.15) is 0 Å². The third-order valence-electron chi connectivity index (χ3n) is 6.73. The molecule has 1 aromatic carbocycles. The molecule has 0 amide bonds.